The number of rotatable bonds is 7. The average molecular weight is 320 g/mol. The lowest BCUT2D eigenvalue weighted by atomic mass is 9.92. The highest BCUT2D eigenvalue weighted by molar-refractivity contribution is 5.84. The number of nitrogens with zero attached hydrogens (tertiary/aromatic N) is 1. The molecule has 0 aliphatic heterocycles. The number of carbonyl (C=O) groups excluding carboxylic acids is 1. The standard InChI is InChI=1S/C17H28N4O2/c1-6-19-15(22)17(2,3)12-21-16(18-4)20-11-13-9-7-8-10-14(13)23-5/h7-10H,6,11-12H2,1-5H3,(H,19,22)(H2,18,20,21). The fraction of sp³-hybridized carbons (Fsp3) is 0.529. The first kappa shape index (κ1) is 18.8. The number of para-hydroxylation sites is 1. The van der Waals surface area contributed by atoms with Crippen molar-refractivity contribution in [1.82, 2.24) is 16.0 Å². The fourth-order valence-corrected chi connectivity index (χ4v) is 2.03. The van der Waals surface area contributed by atoms with Crippen molar-refractivity contribution in [2.24, 2.45) is 10.4 Å². The van der Waals surface area contributed by atoms with Crippen molar-refractivity contribution in [2.45, 2.75) is 27.3 Å². The van der Waals surface area contributed by atoms with Crippen LogP contribution in [0.5, 0.6) is 5.75 Å². The first-order chi connectivity index (χ1) is 10.9. The summed E-state index contributed by atoms with van der Waals surface area (Å²) < 4.78 is 5.33. The van der Waals surface area contributed by atoms with Crippen LogP contribution in [0.2, 0.25) is 0 Å². The molecule has 0 fully saturated rings. The minimum absolute atomic E-state index is 0.0210. The average Bonchev–Trinajstić information content (AvgIpc) is 2.55. The van der Waals surface area contributed by atoms with Gasteiger partial charge >= 0.3 is 0 Å². The summed E-state index contributed by atoms with van der Waals surface area (Å²) in [5, 5.41) is 9.27. The Kier molecular flexibility index (Phi) is 7.38. The Balaban J connectivity index is 2.57. The number of aliphatic imine (C=N–C) groups is 1. The predicted octanol–water partition coefficient (Wildman–Crippen LogP) is 1.52. The summed E-state index contributed by atoms with van der Waals surface area (Å²) in [6.07, 6.45) is 0. The largest absolute Gasteiger partial charge is 0.496 e. The van der Waals surface area contributed by atoms with Gasteiger partial charge in [-0.05, 0) is 26.8 Å². The van der Waals surface area contributed by atoms with Crippen molar-refractivity contribution in [2.75, 3.05) is 27.2 Å². The molecule has 0 unspecified atom stereocenters. The number of ether oxygens (including phenoxy) is 1. The Morgan fingerprint density at radius 3 is 2.52 bits per heavy atom. The molecule has 1 aromatic rings. The molecule has 1 rings (SSSR count). The summed E-state index contributed by atoms with van der Waals surface area (Å²) in [7, 11) is 3.36. The molecule has 128 valence electrons. The normalized spacial score (nSPS) is 11.8. The van der Waals surface area contributed by atoms with Gasteiger partial charge in [0.05, 0.1) is 12.5 Å². The summed E-state index contributed by atoms with van der Waals surface area (Å²) in [5.74, 6) is 1.50. The molecule has 0 spiro atoms. The lowest BCUT2D eigenvalue weighted by Gasteiger charge is -2.25. The fourth-order valence-electron chi connectivity index (χ4n) is 2.03. The summed E-state index contributed by atoms with van der Waals surface area (Å²) in [4.78, 5) is 16.2. The second kappa shape index (κ2) is 9.02. The second-order valence-corrected chi connectivity index (χ2v) is 5.83. The molecule has 0 saturated carbocycles. The number of amides is 1. The van der Waals surface area contributed by atoms with E-state index in [0.717, 1.165) is 11.3 Å². The molecule has 0 heterocycles. The van der Waals surface area contributed by atoms with Crippen LogP contribution < -0.4 is 20.7 Å². The molecule has 0 saturated heterocycles. The maximum atomic E-state index is 12.0. The van der Waals surface area contributed by atoms with Gasteiger partial charge in [-0.1, -0.05) is 18.2 Å². The van der Waals surface area contributed by atoms with Gasteiger partial charge in [0.15, 0.2) is 5.96 Å². The van der Waals surface area contributed by atoms with E-state index < -0.39 is 5.41 Å². The first-order valence-electron chi connectivity index (χ1n) is 7.79. The molecule has 0 atom stereocenters. The molecule has 23 heavy (non-hydrogen) atoms. The van der Waals surface area contributed by atoms with Crippen molar-refractivity contribution in [3.8, 4) is 5.75 Å². The Morgan fingerprint density at radius 2 is 1.91 bits per heavy atom. The molecule has 0 bridgehead atoms. The van der Waals surface area contributed by atoms with Gasteiger partial charge in [-0.25, -0.2) is 0 Å². The third-order valence-corrected chi connectivity index (χ3v) is 3.51. The number of hydrogen-bond donors (Lipinski definition) is 3. The first-order valence-corrected chi connectivity index (χ1v) is 7.79. The number of benzene rings is 1. The Labute approximate surface area is 138 Å². The molecular formula is C17H28N4O2. The minimum Gasteiger partial charge on any atom is -0.496 e. The molecule has 0 radical (unpaired) electrons. The number of methoxy groups -OCH3 is 1. The zero-order valence-electron chi connectivity index (χ0n) is 14.7. The molecule has 3 N–H and O–H groups in total. The van der Waals surface area contributed by atoms with Gasteiger partial charge in [0.25, 0.3) is 0 Å². The van der Waals surface area contributed by atoms with Crippen LogP contribution in [0.1, 0.15) is 26.3 Å². The van der Waals surface area contributed by atoms with E-state index in [0.29, 0.717) is 25.6 Å². The van der Waals surface area contributed by atoms with Gasteiger partial charge in [-0.2, -0.15) is 0 Å². The van der Waals surface area contributed by atoms with E-state index in [-0.39, 0.29) is 5.91 Å². The van der Waals surface area contributed by atoms with Crippen LogP contribution in [-0.4, -0.2) is 39.1 Å². The molecule has 6 heteroatoms. The van der Waals surface area contributed by atoms with E-state index in [2.05, 4.69) is 20.9 Å². The lowest BCUT2D eigenvalue weighted by molar-refractivity contribution is -0.128. The summed E-state index contributed by atoms with van der Waals surface area (Å²) in [6, 6.07) is 7.82. The van der Waals surface area contributed by atoms with Crippen LogP contribution >= 0.6 is 0 Å². The SMILES string of the molecule is CCNC(=O)C(C)(C)CNC(=NC)NCc1ccccc1OC. The third-order valence-electron chi connectivity index (χ3n) is 3.51. The van der Waals surface area contributed by atoms with Crippen LogP contribution in [-0.2, 0) is 11.3 Å². The number of guanidine groups is 1. The van der Waals surface area contributed by atoms with Crippen molar-refractivity contribution >= 4 is 11.9 Å². The third kappa shape index (κ3) is 5.81. The van der Waals surface area contributed by atoms with Crippen molar-refractivity contribution in [1.29, 1.82) is 0 Å². The van der Waals surface area contributed by atoms with E-state index in [9.17, 15) is 4.79 Å². The lowest BCUT2D eigenvalue weighted by Crippen LogP contribution is -2.47. The van der Waals surface area contributed by atoms with Crippen molar-refractivity contribution in [3.05, 3.63) is 29.8 Å². The minimum atomic E-state index is -0.516. The van der Waals surface area contributed by atoms with E-state index in [4.69, 9.17) is 4.74 Å². The monoisotopic (exact) mass is 320 g/mol. The highest BCUT2D eigenvalue weighted by Gasteiger charge is 2.27. The molecule has 1 amide bonds. The second-order valence-electron chi connectivity index (χ2n) is 5.83. The molecule has 1 aromatic carbocycles. The van der Waals surface area contributed by atoms with Crippen molar-refractivity contribution in [3.63, 3.8) is 0 Å². The highest BCUT2D eigenvalue weighted by atomic mass is 16.5. The van der Waals surface area contributed by atoms with Gasteiger partial charge in [-0.15, -0.1) is 0 Å². The van der Waals surface area contributed by atoms with Crippen molar-refractivity contribution < 1.29 is 9.53 Å². The van der Waals surface area contributed by atoms with Gasteiger partial charge in [0, 0.05) is 32.2 Å². The zero-order chi connectivity index (χ0) is 17.3. The van der Waals surface area contributed by atoms with Crippen LogP contribution in [0.15, 0.2) is 29.3 Å². The maximum absolute atomic E-state index is 12.0. The Bertz CT molecular complexity index is 541. The van der Waals surface area contributed by atoms with Gasteiger partial charge < -0.3 is 20.7 Å². The number of hydrogen-bond acceptors (Lipinski definition) is 3. The summed E-state index contributed by atoms with van der Waals surface area (Å²) in [5.41, 5.74) is 0.527. The molecule has 6 nitrogen and oxygen atoms in total. The molecule has 0 aliphatic carbocycles. The summed E-state index contributed by atoms with van der Waals surface area (Å²) >= 11 is 0. The van der Waals surface area contributed by atoms with E-state index in [1.54, 1.807) is 14.2 Å². The van der Waals surface area contributed by atoms with Crippen LogP contribution in [0.25, 0.3) is 0 Å². The Hall–Kier alpha value is -2.24. The molecular weight excluding hydrogens is 292 g/mol. The van der Waals surface area contributed by atoms with Gasteiger partial charge in [0.1, 0.15) is 5.75 Å². The number of nitrogens with one attached hydrogen (secondary N) is 3. The molecule has 0 aromatic heterocycles. The quantitative estimate of drug-likeness (QED) is 0.526. The van der Waals surface area contributed by atoms with Crippen LogP contribution in [0.4, 0.5) is 0 Å². The van der Waals surface area contributed by atoms with E-state index in [1.165, 1.54) is 0 Å². The van der Waals surface area contributed by atoms with Crippen LogP contribution in [0, 0.1) is 5.41 Å². The zero-order valence-corrected chi connectivity index (χ0v) is 14.7. The number of carbonyl (C=O) groups is 1. The highest BCUT2D eigenvalue weighted by Crippen LogP contribution is 2.16. The Morgan fingerprint density at radius 1 is 1.22 bits per heavy atom. The van der Waals surface area contributed by atoms with Crippen LogP contribution in [0.3, 0.4) is 0 Å². The predicted molar refractivity (Wildman–Crippen MR) is 93.7 cm³/mol. The van der Waals surface area contributed by atoms with E-state index in [1.807, 2.05) is 45.0 Å². The summed E-state index contributed by atoms with van der Waals surface area (Å²) in [6.45, 7) is 7.42. The topological polar surface area (TPSA) is 74.8 Å². The van der Waals surface area contributed by atoms with Gasteiger partial charge in [-0.3, -0.25) is 9.79 Å². The van der Waals surface area contributed by atoms with Gasteiger partial charge in [0.2, 0.25) is 5.91 Å². The maximum Gasteiger partial charge on any atom is 0.227 e. The molecule has 0 aliphatic rings. The smallest absolute Gasteiger partial charge is 0.227 e. The van der Waals surface area contributed by atoms with E-state index >= 15 is 0 Å².